The molecule has 1 fully saturated rings. The first kappa shape index (κ1) is 22.2. The highest BCUT2D eigenvalue weighted by molar-refractivity contribution is 7.10. The minimum absolute atomic E-state index is 0.342. The molecule has 9 heteroatoms. The molecule has 8 nitrogen and oxygen atoms in total. The number of guanidine groups is 1. The molecule has 1 atom stereocenters. The lowest BCUT2D eigenvalue weighted by atomic mass is 10.2. The first-order valence-electron chi connectivity index (χ1n) is 11.6. The fraction of sp³-hybridized carbons (Fsp3) is 0.682. The van der Waals surface area contributed by atoms with E-state index in [4.69, 9.17) is 4.74 Å². The summed E-state index contributed by atoms with van der Waals surface area (Å²) in [4.78, 5) is 8.32. The lowest BCUT2D eigenvalue weighted by Crippen LogP contribution is -2.46. The number of ether oxygens (including phenoxy) is 1. The van der Waals surface area contributed by atoms with Crippen molar-refractivity contribution in [1.82, 2.24) is 30.3 Å². The summed E-state index contributed by atoms with van der Waals surface area (Å²) in [7, 11) is 1.84. The Morgan fingerprint density at radius 3 is 2.90 bits per heavy atom. The Morgan fingerprint density at radius 2 is 2.10 bits per heavy atom. The van der Waals surface area contributed by atoms with Gasteiger partial charge in [-0.05, 0) is 30.7 Å². The van der Waals surface area contributed by atoms with Crippen molar-refractivity contribution in [3.05, 3.63) is 34.0 Å². The molecule has 2 aromatic rings. The van der Waals surface area contributed by atoms with Crippen molar-refractivity contribution in [2.75, 3.05) is 46.4 Å². The third-order valence-electron chi connectivity index (χ3n) is 6.10. The van der Waals surface area contributed by atoms with E-state index >= 15 is 0 Å². The van der Waals surface area contributed by atoms with Crippen LogP contribution in [0.4, 0.5) is 0 Å². The minimum Gasteiger partial charge on any atom is -0.379 e. The van der Waals surface area contributed by atoms with Crippen molar-refractivity contribution in [3.63, 3.8) is 0 Å². The fourth-order valence-corrected chi connectivity index (χ4v) is 5.24. The first-order valence-corrected chi connectivity index (χ1v) is 12.4. The highest BCUT2D eigenvalue weighted by Crippen LogP contribution is 2.25. The lowest BCUT2D eigenvalue weighted by molar-refractivity contribution is 0.0177. The summed E-state index contributed by atoms with van der Waals surface area (Å²) in [5, 5.41) is 18.0. The van der Waals surface area contributed by atoms with Gasteiger partial charge in [0.05, 0.1) is 19.3 Å². The van der Waals surface area contributed by atoms with Crippen molar-refractivity contribution >= 4 is 17.3 Å². The van der Waals surface area contributed by atoms with E-state index in [9.17, 15) is 0 Å². The van der Waals surface area contributed by atoms with Crippen LogP contribution in [-0.2, 0) is 24.1 Å². The largest absolute Gasteiger partial charge is 0.379 e. The number of nitrogens with one attached hydrogen (secondary N) is 2. The normalized spacial score (nSPS) is 18.9. The molecule has 2 aliphatic heterocycles. The van der Waals surface area contributed by atoms with Gasteiger partial charge in [-0.3, -0.25) is 9.89 Å². The van der Waals surface area contributed by atoms with Gasteiger partial charge < -0.3 is 19.9 Å². The number of aryl methyl sites for hydroxylation is 2. The highest BCUT2D eigenvalue weighted by Gasteiger charge is 2.23. The third-order valence-corrected chi connectivity index (χ3v) is 7.07. The second-order valence-corrected chi connectivity index (χ2v) is 9.14. The van der Waals surface area contributed by atoms with Crippen LogP contribution >= 0.6 is 11.3 Å². The number of fused-ring (bicyclic) bond motifs is 1. The number of thiophene rings is 1. The van der Waals surface area contributed by atoms with Crippen LogP contribution < -0.4 is 10.6 Å². The molecule has 2 N–H and O–H groups in total. The number of aromatic nitrogens is 3. The van der Waals surface area contributed by atoms with E-state index in [1.807, 2.05) is 18.4 Å². The molecule has 4 heterocycles. The van der Waals surface area contributed by atoms with Crippen LogP contribution in [0.1, 0.15) is 48.3 Å². The van der Waals surface area contributed by atoms with Gasteiger partial charge in [-0.1, -0.05) is 12.5 Å². The van der Waals surface area contributed by atoms with Gasteiger partial charge >= 0.3 is 0 Å². The summed E-state index contributed by atoms with van der Waals surface area (Å²) >= 11 is 1.82. The number of hydrogen-bond donors (Lipinski definition) is 2. The molecule has 0 bridgehead atoms. The zero-order valence-electron chi connectivity index (χ0n) is 18.6. The van der Waals surface area contributed by atoms with Gasteiger partial charge in [-0.2, -0.15) is 0 Å². The summed E-state index contributed by atoms with van der Waals surface area (Å²) < 4.78 is 7.89. The second kappa shape index (κ2) is 11.6. The van der Waals surface area contributed by atoms with Gasteiger partial charge in [0.25, 0.3) is 0 Å². The van der Waals surface area contributed by atoms with Crippen LogP contribution in [0.25, 0.3) is 0 Å². The Labute approximate surface area is 189 Å². The molecule has 2 aromatic heterocycles. The van der Waals surface area contributed by atoms with E-state index in [0.717, 1.165) is 77.0 Å². The topological polar surface area (TPSA) is 79.6 Å². The van der Waals surface area contributed by atoms with E-state index in [1.54, 1.807) is 0 Å². The van der Waals surface area contributed by atoms with Crippen LogP contribution in [0.2, 0.25) is 0 Å². The molecule has 31 heavy (non-hydrogen) atoms. The van der Waals surface area contributed by atoms with Gasteiger partial charge in [0.2, 0.25) is 0 Å². The molecule has 170 valence electrons. The zero-order valence-corrected chi connectivity index (χ0v) is 19.4. The zero-order chi connectivity index (χ0) is 21.3. The highest BCUT2D eigenvalue weighted by atomic mass is 32.1. The maximum absolute atomic E-state index is 5.55. The Kier molecular flexibility index (Phi) is 8.31. The smallest absolute Gasteiger partial charge is 0.191 e. The quantitative estimate of drug-likeness (QED) is 0.369. The maximum Gasteiger partial charge on any atom is 0.191 e. The maximum atomic E-state index is 5.55. The van der Waals surface area contributed by atoms with Crippen molar-refractivity contribution in [2.24, 2.45) is 4.99 Å². The molecular formula is C22H35N7OS. The summed E-state index contributed by atoms with van der Waals surface area (Å²) in [6, 6.07) is 4.70. The van der Waals surface area contributed by atoms with E-state index in [1.165, 1.54) is 30.0 Å². The molecular weight excluding hydrogens is 410 g/mol. The SMILES string of the molecule is CN=C(NCCCc1nnc2n1CCCCC2)NCC(c1cccs1)N1CCOCC1. The lowest BCUT2D eigenvalue weighted by Gasteiger charge is -2.34. The molecule has 0 radical (unpaired) electrons. The minimum atomic E-state index is 0.342. The Hall–Kier alpha value is -1.97. The van der Waals surface area contributed by atoms with Gasteiger partial charge in [0, 0.05) is 57.5 Å². The predicted molar refractivity (Wildman–Crippen MR) is 125 cm³/mol. The van der Waals surface area contributed by atoms with Gasteiger partial charge in [-0.25, -0.2) is 0 Å². The third kappa shape index (κ3) is 6.05. The van der Waals surface area contributed by atoms with Gasteiger partial charge in [0.15, 0.2) is 5.96 Å². The van der Waals surface area contributed by atoms with Crippen molar-refractivity contribution in [1.29, 1.82) is 0 Å². The van der Waals surface area contributed by atoms with Crippen LogP contribution in [0.5, 0.6) is 0 Å². The number of morpholine rings is 1. The molecule has 0 saturated carbocycles. The van der Waals surface area contributed by atoms with Crippen molar-refractivity contribution in [3.8, 4) is 0 Å². The Morgan fingerprint density at radius 1 is 1.19 bits per heavy atom. The van der Waals surface area contributed by atoms with Crippen LogP contribution in [0.15, 0.2) is 22.5 Å². The monoisotopic (exact) mass is 445 g/mol. The van der Waals surface area contributed by atoms with E-state index in [2.05, 4.69) is 52.8 Å². The molecule has 0 aliphatic carbocycles. The summed E-state index contributed by atoms with van der Waals surface area (Å²) in [6.07, 6.45) is 6.79. The average molecular weight is 446 g/mol. The molecule has 0 amide bonds. The number of nitrogens with zero attached hydrogens (tertiary/aromatic N) is 5. The molecule has 1 saturated heterocycles. The Bertz CT molecular complexity index is 814. The fourth-order valence-electron chi connectivity index (χ4n) is 4.38. The van der Waals surface area contributed by atoms with Crippen LogP contribution in [-0.4, -0.2) is 72.1 Å². The first-order chi connectivity index (χ1) is 15.3. The molecule has 0 aromatic carbocycles. The molecule has 1 unspecified atom stereocenters. The second-order valence-electron chi connectivity index (χ2n) is 8.16. The summed E-state index contributed by atoms with van der Waals surface area (Å²) in [5.41, 5.74) is 0. The van der Waals surface area contributed by atoms with Gasteiger partial charge in [-0.15, -0.1) is 21.5 Å². The van der Waals surface area contributed by atoms with Crippen molar-refractivity contribution < 1.29 is 4.74 Å². The van der Waals surface area contributed by atoms with E-state index in [0.29, 0.717) is 6.04 Å². The molecule has 4 rings (SSSR count). The van der Waals surface area contributed by atoms with Crippen molar-refractivity contribution in [2.45, 2.75) is 51.1 Å². The number of aliphatic imine (C=N–C) groups is 1. The average Bonchev–Trinajstić information content (AvgIpc) is 3.41. The van der Waals surface area contributed by atoms with Gasteiger partial charge in [0.1, 0.15) is 11.6 Å². The number of hydrogen-bond acceptors (Lipinski definition) is 6. The Balaban J connectivity index is 1.24. The van der Waals surface area contributed by atoms with Crippen LogP contribution in [0, 0.1) is 0 Å². The van der Waals surface area contributed by atoms with E-state index < -0.39 is 0 Å². The molecule has 2 aliphatic rings. The summed E-state index contributed by atoms with van der Waals surface area (Å²) in [5.74, 6) is 3.15. The predicted octanol–water partition coefficient (Wildman–Crippen LogP) is 2.24. The number of rotatable bonds is 8. The van der Waals surface area contributed by atoms with E-state index in [-0.39, 0.29) is 0 Å². The molecule has 0 spiro atoms. The van der Waals surface area contributed by atoms with Crippen LogP contribution in [0.3, 0.4) is 0 Å². The summed E-state index contributed by atoms with van der Waals surface area (Å²) in [6.45, 7) is 6.32. The standard InChI is InChI=1S/C22H35N7OS/c1-23-22(24-10-5-9-21-27-26-20-8-3-2-4-11-29(20)21)25-17-18(19-7-6-16-31-19)28-12-14-30-15-13-28/h6-7,16,18H,2-5,8-15,17H2,1H3,(H2,23,24,25).